The molecule has 0 amide bonds. The van der Waals surface area contributed by atoms with Crippen LogP contribution in [0.2, 0.25) is 0 Å². The van der Waals surface area contributed by atoms with Crippen molar-refractivity contribution in [2.75, 3.05) is 0 Å². The summed E-state index contributed by atoms with van der Waals surface area (Å²) in [6.45, 7) is 0. The third-order valence-corrected chi connectivity index (χ3v) is 4.79. The van der Waals surface area contributed by atoms with Crippen molar-refractivity contribution < 1.29 is 9.59 Å². The van der Waals surface area contributed by atoms with E-state index in [9.17, 15) is 9.59 Å². The van der Waals surface area contributed by atoms with Crippen LogP contribution in [0.1, 0.15) is 15.5 Å². The number of aromatic nitrogens is 3. The molecular formula is C13H9N3O2S2. The van der Waals surface area contributed by atoms with Gasteiger partial charge in [0.25, 0.3) is 5.78 Å². The summed E-state index contributed by atoms with van der Waals surface area (Å²) in [6.07, 6.45) is 1.30. The van der Waals surface area contributed by atoms with Gasteiger partial charge in [0.2, 0.25) is 5.78 Å². The largest absolute Gasteiger partial charge is 0.290 e. The number of rotatable bonds is 5. The molecule has 0 aliphatic heterocycles. The zero-order valence-corrected chi connectivity index (χ0v) is 11.8. The topological polar surface area (TPSA) is 75.7 Å². The van der Waals surface area contributed by atoms with E-state index in [1.54, 1.807) is 11.3 Å². The third-order valence-electron chi connectivity index (χ3n) is 2.64. The number of hydrogen-bond acceptors (Lipinski definition) is 6. The van der Waals surface area contributed by atoms with Crippen molar-refractivity contribution >= 4 is 34.2 Å². The number of nitrogens with one attached hydrogen (secondary N) is 1. The van der Waals surface area contributed by atoms with Crippen LogP contribution >= 0.6 is 22.7 Å². The highest BCUT2D eigenvalue weighted by Crippen LogP contribution is 2.31. The molecule has 3 heterocycles. The monoisotopic (exact) mass is 303 g/mol. The van der Waals surface area contributed by atoms with Gasteiger partial charge in [-0.05, 0) is 23.6 Å². The lowest BCUT2D eigenvalue weighted by Gasteiger charge is -1.95. The van der Waals surface area contributed by atoms with Gasteiger partial charge in [-0.2, -0.15) is 5.10 Å². The Hall–Kier alpha value is -2.12. The molecule has 7 heteroatoms. The van der Waals surface area contributed by atoms with Crippen LogP contribution in [0.5, 0.6) is 0 Å². The molecule has 0 saturated carbocycles. The van der Waals surface area contributed by atoms with Gasteiger partial charge in [-0.1, -0.05) is 6.07 Å². The van der Waals surface area contributed by atoms with Gasteiger partial charge in [0.1, 0.15) is 6.33 Å². The van der Waals surface area contributed by atoms with Crippen LogP contribution in [0.4, 0.5) is 0 Å². The van der Waals surface area contributed by atoms with E-state index in [1.165, 1.54) is 17.7 Å². The number of H-pyrrole nitrogens is 1. The van der Waals surface area contributed by atoms with E-state index in [0.717, 1.165) is 14.6 Å². The maximum atomic E-state index is 11.9. The van der Waals surface area contributed by atoms with Gasteiger partial charge in [0.05, 0.1) is 0 Å². The number of thiophene rings is 2. The second-order valence-corrected chi connectivity index (χ2v) is 6.12. The maximum absolute atomic E-state index is 11.9. The Labute approximate surface area is 122 Å². The minimum Gasteiger partial charge on any atom is -0.290 e. The molecule has 0 fully saturated rings. The molecule has 0 aliphatic rings. The van der Waals surface area contributed by atoms with E-state index >= 15 is 0 Å². The summed E-state index contributed by atoms with van der Waals surface area (Å²) in [5.74, 6) is -1.13. The average Bonchev–Trinajstić information content (AvgIpc) is 3.19. The molecule has 0 aromatic carbocycles. The molecule has 0 saturated heterocycles. The predicted molar refractivity (Wildman–Crippen MR) is 77.1 cm³/mol. The number of Topliss-reactive ketones (excluding diaryl/α,β-unsaturated/α-hetero) is 2. The van der Waals surface area contributed by atoms with E-state index in [1.807, 2.05) is 29.6 Å². The van der Waals surface area contributed by atoms with Gasteiger partial charge in [0.15, 0.2) is 5.82 Å². The first-order chi connectivity index (χ1) is 9.74. The summed E-state index contributed by atoms with van der Waals surface area (Å²) in [5.41, 5.74) is 0. The van der Waals surface area contributed by atoms with Gasteiger partial charge in [-0.25, -0.2) is 4.98 Å². The summed E-state index contributed by atoms with van der Waals surface area (Å²) in [4.78, 5) is 30.5. The highest BCUT2D eigenvalue weighted by molar-refractivity contribution is 7.21. The molecule has 5 nitrogen and oxygen atoms in total. The average molecular weight is 303 g/mol. The molecule has 0 unspecified atom stereocenters. The Morgan fingerprint density at radius 3 is 2.80 bits per heavy atom. The SMILES string of the molecule is O=C(Cc1ccc(-c2cccs2)s1)C(=O)c1ncn[nH]1. The highest BCUT2D eigenvalue weighted by Gasteiger charge is 2.20. The van der Waals surface area contributed by atoms with Crippen molar-refractivity contribution in [2.45, 2.75) is 6.42 Å². The Balaban J connectivity index is 1.72. The fourth-order valence-corrected chi connectivity index (χ4v) is 3.55. The van der Waals surface area contributed by atoms with Gasteiger partial charge < -0.3 is 0 Å². The fourth-order valence-electron chi connectivity index (χ4n) is 1.71. The lowest BCUT2D eigenvalue weighted by atomic mass is 10.1. The minimum atomic E-state index is -0.631. The zero-order chi connectivity index (χ0) is 13.9. The number of carbonyl (C=O) groups excluding carboxylic acids is 2. The lowest BCUT2D eigenvalue weighted by Crippen LogP contribution is -2.17. The van der Waals surface area contributed by atoms with Crippen molar-refractivity contribution in [3.05, 3.63) is 46.7 Å². The van der Waals surface area contributed by atoms with Crippen LogP contribution in [-0.2, 0) is 11.2 Å². The Morgan fingerprint density at radius 1 is 1.20 bits per heavy atom. The molecule has 20 heavy (non-hydrogen) atoms. The second-order valence-electron chi connectivity index (χ2n) is 4.01. The molecular weight excluding hydrogens is 294 g/mol. The quantitative estimate of drug-likeness (QED) is 0.580. The molecule has 0 bridgehead atoms. The summed E-state index contributed by atoms with van der Waals surface area (Å²) < 4.78 is 0. The molecule has 3 aromatic rings. The number of hydrogen-bond donors (Lipinski definition) is 1. The molecule has 0 spiro atoms. The first-order valence-electron chi connectivity index (χ1n) is 5.79. The van der Waals surface area contributed by atoms with Crippen molar-refractivity contribution in [3.8, 4) is 9.75 Å². The van der Waals surface area contributed by atoms with Crippen molar-refractivity contribution in [1.29, 1.82) is 0 Å². The Kier molecular flexibility index (Phi) is 3.53. The van der Waals surface area contributed by atoms with Gasteiger partial charge in [-0.15, -0.1) is 22.7 Å². The fraction of sp³-hybridized carbons (Fsp3) is 0.0769. The summed E-state index contributed by atoms with van der Waals surface area (Å²) in [6, 6.07) is 7.86. The molecule has 100 valence electrons. The van der Waals surface area contributed by atoms with E-state index in [-0.39, 0.29) is 12.2 Å². The van der Waals surface area contributed by atoms with Crippen molar-refractivity contribution in [1.82, 2.24) is 15.2 Å². The van der Waals surface area contributed by atoms with Crippen LogP contribution in [0.15, 0.2) is 36.0 Å². The van der Waals surface area contributed by atoms with E-state index in [2.05, 4.69) is 15.2 Å². The van der Waals surface area contributed by atoms with Gasteiger partial charge >= 0.3 is 0 Å². The predicted octanol–water partition coefficient (Wildman–Crippen LogP) is 2.59. The van der Waals surface area contributed by atoms with Crippen molar-refractivity contribution in [3.63, 3.8) is 0 Å². The minimum absolute atomic E-state index is 0.00923. The van der Waals surface area contributed by atoms with Crippen LogP contribution in [0.3, 0.4) is 0 Å². The number of carbonyl (C=O) groups is 2. The molecule has 1 N–H and O–H groups in total. The number of aromatic amines is 1. The molecule has 0 radical (unpaired) electrons. The molecule has 3 aromatic heterocycles. The first kappa shape index (κ1) is 12.9. The lowest BCUT2D eigenvalue weighted by molar-refractivity contribution is -0.114. The Bertz CT molecular complexity index is 730. The number of ketones is 2. The molecule has 0 atom stereocenters. The zero-order valence-electron chi connectivity index (χ0n) is 10.2. The summed E-state index contributed by atoms with van der Waals surface area (Å²) in [7, 11) is 0. The second kappa shape index (κ2) is 5.48. The first-order valence-corrected chi connectivity index (χ1v) is 7.49. The van der Waals surface area contributed by atoms with E-state index < -0.39 is 11.6 Å². The van der Waals surface area contributed by atoms with Crippen LogP contribution in [-0.4, -0.2) is 26.7 Å². The molecule has 0 aliphatic carbocycles. The number of nitrogens with zero attached hydrogens (tertiary/aromatic N) is 2. The summed E-state index contributed by atoms with van der Waals surface area (Å²) in [5, 5.41) is 7.98. The van der Waals surface area contributed by atoms with Crippen molar-refractivity contribution in [2.24, 2.45) is 0 Å². The van der Waals surface area contributed by atoms with E-state index in [0.29, 0.717) is 0 Å². The third kappa shape index (κ3) is 2.59. The Morgan fingerprint density at radius 2 is 2.10 bits per heavy atom. The maximum Gasteiger partial charge on any atom is 0.265 e. The van der Waals surface area contributed by atoms with Gasteiger partial charge in [-0.3, -0.25) is 14.7 Å². The smallest absolute Gasteiger partial charge is 0.265 e. The highest BCUT2D eigenvalue weighted by atomic mass is 32.1. The van der Waals surface area contributed by atoms with Crippen LogP contribution in [0.25, 0.3) is 9.75 Å². The van der Waals surface area contributed by atoms with Crippen LogP contribution < -0.4 is 0 Å². The standard InChI is InChI=1S/C13H9N3O2S2/c17-9(12(18)13-14-7-15-16-13)6-8-3-4-11(20-8)10-2-1-5-19-10/h1-5,7H,6H2,(H,14,15,16). The summed E-state index contributed by atoms with van der Waals surface area (Å²) >= 11 is 3.17. The van der Waals surface area contributed by atoms with E-state index in [4.69, 9.17) is 0 Å². The van der Waals surface area contributed by atoms with Gasteiger partial charge in [0, 0.05) is 21.1 Å². The van der Waals surface area contributed by atoms with Crippen LogP contribution in [0, 0.1) is 0 Å². The molecule has 3 rings (SSSR count). The normalized spacial score (nSPS) is 10.6.